The number of hydrogen-bond acceptors (Lipinski definition) is 5. The van der Waals surface area contributed by atoms with Crippen LogP contribution in [0.15, 0.2) is 48.8 Å². The Kier molecular flexibility index (Phi) is 5.68. The van der Waals surface area contributed by atoms with Crippen LogP contribution in [0.2, 0.25) is 0 Å². The largest absolute Gasteiger partial charge is 0.497 e. The zero-order valence-electron chi connectivity index (χ0n) is 13.0. The van der Waals surface area contributed by atoms with Gasteiger partial charge in [0.2, 0.25) is 0 Å². The number of benzene rings is 1. The van der Waals surface area contributed by atoms with Gasteiger partial charge in [-0.25, -0.2) is 0 Å². The van der Waals surface area contributed by atoms with Crippen LogP contribution in [-0.2, 0) is 9.53 Å². The summed E-state index contributed by atoms with van der Waals surface area (Å²) in [4.78, 5) is 27.8. The van der Waals surface area contributed by atoms with Gasteiger partial charge in [-0.2, -0.15) is 0 Å². The Morgan fingerprint density at radius 3 is 2.48 bits per heavy atom. The number of esters is 1. The lowest BCUT2D eigenvalue weighted by Crippen LogP contribution is -2.30. The van der Waals surface area contributed by atoms with E-state index in [0.717, 1.165) is 5.56 Å². The Hall–Kier alpha value is -2.89. The zero-order chi connectivity index (χ0) is 16.7. The maximum atomic E-state index is 12.3. The van der Waals surface area contributed by atoms with E-state index >= 15 is 0 Å². The van der Waals surface area contributed by atoms with Gasteiger partial charge in [-0.3, -0.25) is 14.6 Å². The van der Waals surface area contributed by atoms with Crippen molar-refractivity contribution in [3.8, 4) is 5.75 Å². The van der Waals surface area contributed by atoms with Crippen molar-refractivity contribution in [1.29, 1.82) is 0 Å². The van der Waals surface area contributed by atoms with Gasteiger partial charge in [-0.1, -0.05) is 12.1 Å². The van der Waals surface area contributed by atoms with Gasteiger partial charge in [0, 0.05) is 12.4 Å². The lowest BCUT2D eigenvalue weighted by molar-refractivity contribution is -0.141. The van der Waals surface area contributed by atoms with Gasteiger partial charge in [0.05, 0.1) is 32.2 Å². The molecule has 0 fully saturated rings. The predicted octanol–water partition coefficient (Wildman–Crippen LogP) is 2.12. The summed E-state index contributed by atoms with van der Waals surface area (Å²) in [6, 6.07) is 9.99. The summed E-state index contributed by atoms with van der Waals surface area (Å²) >= 11 is 0. The van der Waals surface area contributed by atoms with Crippen molar-refractivity contribution < 1.29 is 19.1 Å². The number of nitrogens with zero attached hydrogens (tertiary/aromatic N) is 1. The van der Waals surface area contributed by atoms with Crippen LogP contribution in [0.25, 0.3) is 0 Å². The molecular formula is C17H18N2O4. The van der Waals surface area contributed by atoms with Gasteiger partial charge < -0.3 is 14.8 Å². The van der Waals surface area contributed by atoms with E-state index in [2.05, 4.69) is 10.3 Å². The molecule has 1 N–H and O–H groups in total. The van der Waals surface area contributed by atoms with E-state index in [9.17, 15) is 9.59 Å². The summed E-state index contributed by atoms with van der Waals surface area (Å²) in [7, 11) is 2.89. The SMILES string of the molecule is COC(=O)CC(NC(=O)c1cccnc1)c1ccc(OC)cc1. The molecule has 1 heterocycles. The summed E-state index contributed by atoms with van der Waals surface area (Å²) < 4.78 is 9.82. The Morgan fingerprint density at radius 1 is 1.17 bits per heavy atom. The first-order chi connectivity index (χ1) is 11.1. The molecule has 0 bridgehead atoms. The fraction of sp³-hybridized carbons (Fsp3) is 0.235. The predicted molar refractivity (Wildman–Crippen MR) is 84.1 cm³/mol. The average molecular weight is 314 g/mol. The molecular weight excluding hydrogens is 296 g/mol. The van der Waals surface area contributed by atoms with Gasteiger partial charge in [0.1, 0.15) is 5.75 Å². The molecule has 120 valence electrons. The van der Waals surface area contributed by atoms with Crippen LogP contribution in [0.5, 0.6) is 5.75 Å². The number of aromatic nitrogens is 1. The minimum atomic E-state index is -0.499. The van der Waals surface area contributed by atoms with E-state index in [4.69, 9.17) is 9.47 Å². The topological polar surface area (TPSA) is 77.5 Å². The van der Waals surface area contributed by atoms with E-state index in [1.54, 1.807) is 49.7 Å². The van der Waals surface area contributed by atoms with Crippen LogP contribution in [-0.4, -0.2) is 31.1 Å². The smallest absolute Gasteiger partial charge is 0.307 e. The van der Waals surface area contributed by atoms with E-state index in [1.165, 1.54) is 13.3 Å². The Bertz CT molecular complexity index is 656. The van der Waals surface area contributed by atoms with Crippen molar-refractivity contribution >= 4 is 11.9 Å². The van der Waals surface area contributed by atoms with Crippen molar-refractivity contribution in [3.05, 3.63) is 59.9 Å². The summed E-state index contributed by atoms with van der Waals surface area (Å²) in [5.74, 6) is -0.00993. The zero-order valence-corrected chi connectivity index (χ0v) is 13.0. The van der Waals surface area contributed by atoms with Crippen LogP contribution in [0, 0.1) is 0 Å². The number of amides is 1. The van der Waals surface area contributed by atoms with E-state index in [0.29, 0.717) is 11.3 Å². The second-order valence-corrected chi connectivity index (χ2v) is 4.82. The van der Waals surface area contributed by atoms with Crippen molar-refractivity contribution in [3.63, 3.8) is 0 Å². The Balaban J connectivity index is 2.19. The van der Waals surface area contributed by atoms with Crippen LogP contribution >= 0.6 is 0 Å². The summed E-state index contributed by atoms with van der Waals surface area (Å²) in [5.41, 5.74) is 1.21. The van der Waals surface area contributed by atoms with Crippen molar-refractivity contribution in [2.24, 2.45) is 0 Å². The highest BCUT2D eigenvalue weighted by Gasteiger charge is 2.20. The summed E-state index contributed by atoms with van der Waals surface area (Å²) in [5, 5.41) is 2.83. The summed E-state index contributed by atoms with van der Waals surface area (Å²) in [6.07, 6.45) is 3.10. The summed E-state index contributed by atoms with van der Waals surface area (Å²) in [6.45, 7) is 0. The lowest BCUT2D eigenvalue weighted by atomic mass is 10.0. The van der Waals surface area contributed by atoms with Gasteiger partial charge in [0.15, 0.2) is 0 Å². The molecule has 6 nitrogen and oxygen atoms in total. The number of rotatable bonds is 6. The normalized spacial score (nSPS) is 11.4. The minimum Gasteiger partial charge on any atom is -0.497 e. The highest BCUT2D eigenvalue weighted by molar-refractivity contribution is 5.94. The molecule has 0 spiro atoms. The minimum absolute atomic E-state index is 0.0365. The number of carbonyl (C=O) groups excluding carboxylic acids is 2. The number of nitrogens with one attached hydrogen (secondary N) is 1. The third-order valence-corrected chi connectivity index (χ3v) is 3.35. The highest BCUT2D eigenvalue weighted by atomic mass is 16.5. The van der Waals surface area contributed by atoms with E-state index < -0.39 is 12.0 Å². The third-order valence-electron chi connectivity index (χ3n) is 3.35. The van der Waals surface area contributed by atoms with Crippen molar-refractivity contribution in [1.82, 2.24) is 10.3 Å². The number of hydrogen-bond donors (Lipinski definition) is 1. The first-order valence-corrected chi connectivity index (χ1v) is 7.05. The van der Waals surface area contributed by atoms with Crippen molar-refractivity contribution in [2.45, 2.75) is 12.5 Å². The first-order valence-electron chi connectivity index (χ1n) is 7.05. The van der Waals surface area contributed by atoms with Crippen molar-refractivity contribution in [2.75, 3.05) is 14.2 Å². The molecule has 0 saturated carbocycles. The van der Waals surface area contributed by atoms with Gasteiger partial charge in [0.25, 0.3) is 5.91 Å². The second-order valence-electron chi connectivity index (χ2n) is 4.82. The molecule has 1 unspecified atom stereocenters. The van der Waals surface area contributed by atoms with Gasteiger partial charge >= 0.3 is 5.97 Å². The van der Waals surface area contributed by atoms with Crippen LogP contribution in [0.3, 0.4) is 0 Å². The molecule has 2 rings (SSSR count). The fourth-order valence-corrected chi connectivity index (χ4v) is 2.08. The number of carbonyl (C=O) groups is 2. The standard InChI is InChI=1S/C17H18N2O4/c1-22-14-7-5-12(6-8-14)15(10-16(20)23-2)19-17(21)13-4-3-9-18-11-13/h3-9,11,15H,10H2,1-2H3,(H,19,21). The molecule has 2 aromatic rings. The molecule has 23 heavy (non-hydrogen) atoms. The molecule has 1 atom stereocenters. The maximum absolute atomic E-state index is 12.3. The number of ether oxygens (including phenoxy) is 2. The molecule has 1 aromatic carbocycles. The molecule has 1 amide bonds. The molecule has 6 heteroatoms. The van der Waals surface area contributed by atoms with E-state index in [1.807, 2.05) is 0 Å². The first kappa shape index (κ1) is 16.5. The second kappa shape index (κ2) is 7.93. The molecule has 0 saturated heterocycles. The average Bonchev–Trinajstić information content (AvgIpc) is 2.61. The number of pyridine rings is 1. The molecule has 0 aliphatic carbocycles. The molecule has 1 aromatic heterocycles. The Morgan fingerprint density at radius 2 is 1.91 bits per heavy atom. The monoisotopic (exact) mass is 314 g/mol. The fourth-order valence-electron chi connectivity index (χ4n) is 2.08. The van der Waals surface area contributed by atoms with Crippen LogP contribution in [0.4, 0.5) is 0 Å². The lowest BCUT2D eigenvalue weighted by Gasteiger charge is -2.18. The quantitative estimate of drug-likeness (QED) is 0.826. The molecule has 0 radical (unpaired) electrons. The van der Waals surface area contributed by atoms with Crippen LogP contribution in [0.1, 0.15) is 28.4 Å². The maximum Gasteiger partial charge on any atom is 0.307 e. The highest BCUT2D eigenvalue weighted by Crippen LogP contribution is 2.21. The van der Waals surface area contributed by atoms with E-state index in [-0.39, 0.29) is 12.3 Å². The molecule has 0 aliphatic heterocycles. The van der Waals surface area contributed by atoms with Gasteiger partial charge in [-0.05, 0) is 29.8 Å². The number of methoxy groups -OCH3 is 2. The Labute approximate surface area is 134 Å². The molecule has 0 aliphatic rings. The van der Waals surface area contributed by atoms with Crippen LogP contribution < -0.4 is 10.1 Å². The third kappa shape index (κ3) is 4.54. The van der Waals surface area contributed by atoms with Gasteiger partial charge in [-0.15, -0.1) is 0 Å².